The zero-order valence-corrected chi connectivity index (χ0v) is 18.4. The zero-order valence-electron chi connectivity index (χ0n) is 17.6. The number of nitrogens with zero attached hydrogens (tertiary/aromatic N) is 1. The minimum atomic E-state index is -3.75. The molecule has 2 amide bonds. The van der Waals surface area contributed by atoms with Crippen LogP contribution >= 0.6 is 0 Å². The lowest BCUT2D eigenvalue weighted by atomic mass is 10.1. The van der Waals surface area contributed by atoms with Gasteiger partial charge in [0.1, 0.15) is 0 Å². The van der Waals surface area contributed by atoms with Gasteiger partial charge in [-0.25, -0.2) is 13.2 Å². The molecule has 31 heavy (non-hydrogen) atoms. The van der Waals surface area contributed by atoms with E-state index in [9.17, 15) is 13.2 Å². The molecule has 1 aromatic heterocycles. The fourth-order valence-corrected chi connectivity index (χ4v) is 4.12. The number of nitrogens with one attached hydrogen (secondary N) is 3. The van der Waals surface area contributed by atoms with Crippen molar-refractivity contribution in [3.05, 3.63) is 83.7 Å². The van der Waals surface area contributed by atoms with Crippen molar-refractivity contribution in [2.75, 3.05) is 10.0 Å². The molecule has 0 radical (unpaired) electrons. The minimum absolute atomic E-state index is 0.123. The maximum absolute atomic E-state index is 12.8. The van der Waals surface area contributed by atoms with Crippen molar-refractivity contribution in [1.82, 2.24) is 10.3 Å². The first-order valence-corrected chi connectivity index (χ1v) is 11.6. The second kappa shape index (κ2) is 10.1. The van der Waals surface area contributed by atoms with Crippen LogP contribution in [-0.4, -0.2) is 19.4 Å². The Morgan fingerprint density at radius 1 is 0.968 bits per heavy atom. The molecular formula is C23H26N4O3S. The van der Waals surface area contributed by atoms with Gasteiger partial charge in [0.05, 0.1) is 10.6 Å². The zero-order chi connectivity index (χ0) is 22.3. The summed E-state index contributed by atoms with van der Waals surface area (Å²) < 4.78 is 28.4. The summed E-state index contributed by atoms with van der Waals surface area (Å²) in [6, 6.07) is 15.2. The summed E-state index contributed by atoms with van der Waals surface area (Å²) in [7, 11) is -3.75. The van der Waals surface area contributed by atoms with Gasteiger partial charge in [-0.2, -0.15) is 0 Å². The highest BCUT2D eigenvalue weighted by atomic mass is 32.2. The van der Waals surface area contributed by atoms with Gasteiger partial charge in [-0.05, 0) is 65.9 Å². The molecule has 0 spiro atoms. The predicted molar refractivity (Wildman–Crippen MR) is 123 cm³/mol. The van der Waals surface area contributed by atoms with Gasteiger partial charge >= 0.3 is 6.03 Å². The van der Waals surface area contributed by atoms with Crippen molar-refractivity contribution in [3.63, 3.8) is 0 Å². The molecule has 162 valence electrons. The molecule has 0 aliphatic heterocycles. The summed E-state index contributed by atoms with van der Waals surface area (Å²) in [5, 5.41) is 5.42. The molecule has 7 nitrogen and oxygen atoms in total. The first-order valence-electron chi connectivity index (χ1n) is 10.1. The minimum Gasteiger partial charge on any atom is -0.334 e. The lowest BCUT2D eigenvalue weighted by Gasteiger charge is -2.14. The second-order valence-electron chi connectivity index (χ2n) is 7.00. The maximum atomic E-state index is 12.8. The fourth-order valence-electron chi connectivity index (χ4n) is 3.03. The van der Waals surface area contributed by atoms with Crippen LogP contribution in [0.15, 0.2) is 71.9 Å². The van der Waals surface area contributed by atoms with Crippen LogP contribution in [0, 0.1) is 0 Å². The molecular weight excluding hydrogens is 412 g/mol. The highest BCUT2D eigenvalue weighted by Crippen LogP contribution is 2.23. The van der Waals surface area contributed by atoms with Crippen molar-refractivity contribution in [2.45, 2.75) is 38.1 Å². The largest absolute Gasteiger partial charge is 0.334 e. The van der Waals surface area contributed by atoms with Gasteiger partial charge in [0, 0.05) is 24.6 Å². The van der Waals surface area contributed by atoms with Crippen LogP contribution in [0.25, 0.3) is 0 Å². The van der Waals surface area contributed by atoms with Gasteiger partial charge in [0.25, 0.3) is 10.0 Å². The van der Waals surface area contributed by atoms with Crippen molar-refractivity contribution < 1.29 is 13.2 Å². The van der Waals surface area contributed by atoms with E-state index in [0.29, 0.717) is 17.9 Å². The van der Waals surface area contributed by atoms with E-state index in [1.54, 1.807) is 30.6 Å². The van der Waals surface area contributed by atoms with E-state index in [-0.39, 0.29) is 10.9 Å². The van der Waals surface area contributed by atoms with Crippen molar-refractivity contribution in [1.29, 1.82) is 0 Å². The van der Waals surface area contributed by atoms with E-state index >= 15 is 0 Å². The van der Waals surface area contributed by atoms with Crippen LogP contribution in [0.1, 0.15) is 30.5 Å². The Labute approximate surface area is 183 Å². The topological polar surface area (TPSA) is 100 Å². The Balaban J connectivity index is 1.65. The van der Waals surface area contributed by atoms with E-state index < -0.39 is 10.0 Å². The summed E-state index contributed by atoms with van der Waals surface area (Å²) in [5.74, 6) is 0. The molecule has 1 heterocycles. The number of aryl methyl sites for hydroxylation is 2. The molecule has 0 fully saturated rings. The molecule has 3 aromatic rings. The van der Waals surface area contributed by atoms with Crippen LogP contribution in [-0.2, 0) is 29.4 Å². The normalized spacial score (nSPS) is 11.0. The average molecular weight is 439 g/mol. The molecule has 0 saturated heterocycles. The SMILES string of the molecule is CCc1ccc(CC)c(NS(=O)(=O)c2ccc(NC(=O)NCc3cccnc3)cc2)c1. The summed E-state index contributed by atoms with van der Waals surface area (Å²) in [6.45, 7) is 4.35. The van der Waals surface area contributed by atoms with Crippen molar-refractivity contribution in [2.24, 2.45) is 0 Å². The third kappa shape index (κ3) is 6.05. The van der Waals surface area contributed by atoms with Crippen LogP contribution in [0.3, 0.4) is 0 Å². The summed E-state index contributed by atoms with van der Waals surface area (Å²) in [4.78, 5) is 16.2. The van der Waals surface area contributed by atoms with Crippen LogP contribution in [0.2, 0.25) is 0 Å². The van der Waals surface area contributed by atoms with Gasteiger partial charge in [0.15, 0.2) is 0 Å². The number of hydrogen-bond donors (Lipinski definition) is 3. The van der Waals surface area contributed by atoms with Crippen LogP contribution < -0.4 is 15.4 Å². The molecule has 0 saturated carbocycles. The number of amides is 2. The highest BCUT2D eigenvalue weighted by molar-refractivity contribution is 7.92. The Kier molecular flexibility index (Phi) is 7.25. The van der Waals surface area contributed by atoms with Crippen LogP contribution in [0.5, 0.6) is 0 Å². The molecule has 0 aliphatic carbocycles. The van der Waals surface area contributed by atoms with Gasteiger partial charge in [-0.15, -0.1) is 0 Å². The quantitative estimate of drug-likeness (QED) is 0.487. The molecule has 2 aromatic carbocycles. The Morgan fingerprint density at radius 3 is 2.39 bits per heavy atom. The lowest BCUT2D eigenvalue weighted by molar-refractivity contribution is 0.251. The first kappa shape index (κ1) is 22.3. The smallest absolute Gasteiger partial charge is 0.319 e. The highest BCUT2D eigenvalue weighted by Gasteiger charge is 2.16. The average Bonchev–Trinajstić information content (AvgIpc) is 2.78. The molecule has 0 atom stereocenters. The van der Waals surface area contributed by atoms with E-state index in [1.807, 2.05) is 38.1 Å². The Hall–Kier alpha value is -3.39. The third-order valence-electron chi connectivity index (χ3n) is 4.81. The second-order valence-corrected chi connectivity index (χ2v) is 8.68. The van der Waals surface area contributed by atoms with Crippen molar-refractivity contribution >= 4 is 27.4 Å². The number of benzene rings is 2. The molecule has 0 aliphatic rings. The predicted octanol–water partition coefficient (Wildman–Crippen LogP) is 4.33. The monoisotopic (exact) mass is 438 g/mol. The summed E-state index contributed by atoms with van der Waals surface area (Å²) in [5.41, 5.74) is 3.96. The number of urea groups is 1. The molecule has 3 rings (SSSR count). The van der Waals surface area contributed by atoms with Gasteiger partial charge < -0.3 is 10.6 Å². The van der Waals surface area contributed by atoms with Crippen molar-refractivity contribution in [3.8, 4) is 0 Å². The summed E-state index contributed by atoms with van der Waals surface area (Å²) >= 11 is 0. The maximum Gasteiger partial charge on any atom is 0.319 e. The van der Waals surface area contributed by atoms with E-state index in [0.717, 1.165) is 29.5 Å². The number of carbonyl (C=O) groups is 1. The number of aromatic nitrogens is 1. The molecule has 0 bridgehead atoms. The third-order valence-corrected chi connectivity index (χ3v) is 6.19. The first-order chi connectivity index (χ1) is 14.9. The van der Waals surface area contributed by atoms with Gasteiger partial charge in [-0.3, -0.25) is 9.71 Å². The number of sulfonamides is 1. The number of anilines is 2. The Morgan fingerprint density at radius 2 is 1.74 bits per heavy atom. The molecule has 3 N–H and O–H groups in total. The van der Waals surface area contributed by atoms with E-state index in [1.165, 1.54) is 12.1 Å². The number of hydrogen-bond acceptors (Lipinski definition) is 4. The summed E-state index contributed by atoms with van der Waals surface area (Å²) in [6.07, 6.45) is 4.88. The van der Waals surface area contributed by atoms with Gasteiger partial charge in [-0.1, -0.05) is 32.0 Å². The van der Waals surface area contributed by atoms with E-state index in [4.69, 9.17) is 0 Å². The van der Waals surface area contributed by atoms with E-state index in [2.05, 4.69) is 20.3 Å². The standard InChI is InChI=1S/C23H26N4O3S/c1-3-17-7-8-19(4-2)22(14-17)27-31(29,30)21-11-9-20(10-12-21)26-23(28)25-16-18-6-5-13-24-15-18/h5-15,27H,3-4,16H2,1-2H3,(H2,25,26,28). The number of carbonyl (C=O) groups excluding carboxylic acids is 1. The lowest BCUT2D eigenvalue weighted by Crippen LogP contribution is -2.28. The molecule has 8 heteroatoms. The Bertz CT molecular complexity index is 1130. The molecule has 0 unspecified atom stereocenters. The van der Waals surface area contributed by atoms with Crippen LogP contribution in [0.4, 0.5) is 16.2 Å². The van der Waals surface area contributed by atoms with Gasteiger partial charge in [0.2, 0.25) is 0 Å². The fraction of sp³-hybridized carbons (Fsp3) is 0.217. The number of pyridine rings is 1. The number of rotatable bonds is 8.